The average Bonchev–Trinajstić information content (AvgIpc) is 1.63. The number of nitrogens with zero attached hydrogens (tertiary/aromatic N) is 1. The number of amidine groups is 1. The zero-order valence-corrected chi connectivity index (χ0v) is 5.55. The molecule has 0 aliphatic carbocycles. The van der Waals surface area contributed by atoms with Crippen LogP contribution in [-0.4, -0.2) is 18.5 Å². The van der Waals surface area contributed by atoms with Crippen molar-refractivity contribution in [3.05, 3.63) is 0 Å². The third-order valence-electron chi connectivity index (χ3n) is 0.562. The van der Waals surface area contributed by atoms with E-state index in [1.165, 1.54) is 6.92 Å². The van der Waals surface area contributed by atoms with Crippen molar-refractivity contribution >= 4 is 12.0 Å². The molecule has 0 saturated heterocycles. The standard InChI is InChI=1S/C5H10N2O2/c1-3-7-5(6)9-4(2)8/h3H2,1-2H3,(H2,6,7). The van der Waals surface area contributed by atoms with E-state index in [0.29, 0.717) is 6.54 Å². The van der Waals surface area contributed by atoms with Crippen LogP contribution >= 0.6 is 0 Å². The molecule has 0 atom stereocenters. The highest BCUT2D eigenvalue weighted by Crippen LogP contribution is 1.76. The zero-order valence-electron chi connectivity index (χ0n) is 5.55. The highest BCUT2D eigenvalue weighted by Gasteiger charge is 1.93. The van der Waals surface area contributed by atoms with Gasteiger partial charge in [0.05, 0.1) is 0 Å². The Labute approximate surface area is 53.7 Å². The van der Waals surface area contributed by atoms with Crippen molar-refractivity contribution in [1.82, 2.24) is 0 Å². The van der Waals surface area contributed by atoms with Crippen LogP contribution in [0.5, 0.6) is 0 Å². The van der Waals surface area contributed by atoms with Gasteiger partial charge in [-0.25, -0.2) is 4.99 Å². The van der Waals surface area contributed by atoms with Crippen LogP contribution in [0.2, 0.25) is 0 Å². The lowest BCUT2D eigenvalue weighted by molar-refractivity contribution is -0.133. The SMILES string of the molecule is CCN=C(N)OC(C)=O. The molecule has 52 valence electrons. The lowest BCUT2D eigenvalue weighted by Gasteiger charge is -1.95. The van der Waals surface area contributed by atoms with Crippen LogP contribution in [0.25, 0.3) is 0 Å². The Kier molecular flexibility index (Phi) is 3.43. The van der Waals surface area contributed by atoms with Crippen molar-refractivity contribution in [3.63, 3.8) is 0 Å². The van der Waals surface area contributed by atoms with E-state index in [-0.39, 0.29) is 6.02 Å². The molecule has 0 aliphatic heterocycles. The molecule has 0 spiro atoms. The van der Waals surface area contributed by atoms with E-state index >= 15 is 0 Å². The first-order valence-electron chi connectivity index (χ1n) is 2.65. The van der Waals surface area contributed by atoms with Gasteiger partial charge in [-0.05, 0) is 6.92 Å². The van der Waals surface area contributed by atoms with Gasteiger partial charge in [-0.2, -0.15) is 0 Å². The van der Waals surface area contributed by atoms with Crippen LogP contribution in [0, 0.1) is 0 Å². The third-order valence-corrected chi connectivity index (χ3v) is 0.562. The van der Waals surface area contributed by atoms with E-state index in [2.05, 4.69) is 9.73 Å². The molecule has 4 heteroatoms. The number of carbonyl (C=O) groups excluding carboxylic acids is 1. The topological polar surface area (TPSA) is 64.7 Å². The summed E-state index contributed by atoms with van der Waals surface area (Å²) in [7, 11) is 0. The maximum absolute atomic E-state index is 10.1. The van der Waals surface area contributed by atoms with Crippen LogP contribution in [0.4, 0.5) is 0 Å². The van der Waals surface area contributed by atoms with Gasteiger partial charge in [-0.3, -0.25) is 4.79 Å². The van der Waals surface area contributed by atoms with Crippen LogP contribution < -0.4 is 5.73 Å². The van der Waals surface area contributed by atoms with Crippen LogP contribution in [0.15, 0.2) is 4.99 Å². The Hall–Kier alpha value is -1.06. The molecule has 9 heavy (non-hydrogen) atoms. The molecule has 0 unspecified atom stereocenters. The van der Waals surface area contributed by atoms with E-state index in [1.54, 1.807) is 6.92 Å². The van der Waals surface area contributed by atoms with E-state index in [4.69, 9.17) is 5.73 Å². The molecule has 0 fully saturated rings. The van der Waals surface area contributed by atoms with E-state index in [0.717, 1.165) is 0 Å². The van der Waals surface area contributed by atoms with Crippen LogP contribution in [-0.2, 0) is 9.53 Å². The normalized spacial score (nSPS) is 11.1. The van der Waals surface area contributed by atoms with Crippen molar-refractivity contribution < 1.29 is 9.53 Å². The second-order valence-electron chi connectivity index (χ2n) is 1.41. The minimum Gasteiger partial charge on any atom is -0.393 e. The van der Waals surface area contributed by atoms with Gasteiger partial charge in [-0.1, -0.05) is 0 Å². The number of esters is 1. The summed E-state index contributed by atoms with van der Waals surface area (Å²) in [6, 6.07) is -0.0648. The molecule has 0 rings (SSSR count). The molecule has 0 heterocycles. The van der Waals surface area contributed by atoms with Crippen molar-refractivity contribution in [3.8, 4) is 0 Å². The lowest BCUT2D eigenvalue weighted by atomic mass is 10.8. The first kappa shape index (κ1) is 7.94. The van der Waals surface area contributed by atoms with E-state index in [1.807, 2.05) is 0 Å². The van der Waals surface area contributed by atoms with Crippen molar-refractivity contribution in [2.75, 3.05) is 6.54 Å². The zero-order chi connectivity index (χ0) is 7.28. The van der Waals surface area contributed by atoms with Crippen molar-refractivity contribution in [2.45, 2.75) is 13.8 Å². The highest BCUT2D eigenvalue weighted by atomic mass is 16.5. The van der Waals surface area contributed by atoms with Gasteiger partial charge in [0.2, 0.25) is 0 Å². The molecule has 4 nitrogen and oxygen atoms in total. The third kappa shape index (κ3) is 4.80. The van der Waals surface area contributed by atoms with Gasteiger partial charge < -0.3 is 10.5 Å². The Morgan fingerprint density at radius 1 is 1.78 bits per heavy atom. The predicted octanol–water partition coefficient (Wildman–Crippen LogP) is -0.116. The Balaban J connectivity index is 3.62. The molecule has 2 N–H and O–H groups in total. The maximum atomic E-state index is 10.1. The maximum Gasteiger partial charge on any atom is 0.310 e. The number of nitrogens with two attached hydrogens (primary N) is 1. The molecule has 0 aromatic heterocycles. The van der Waals surface area contributed by atoms with Gasteiger partial charge in [0.25, 0.3) is 6.02 Å². The fraction of sp³-hybridized carbons (Fsp3) is 0.600. The number of hydrogen-bond donors (Lipinski definition) is 1. The summed E-state index contributed by atoms with van der Waals surface area (Å²) in [5, 5.41) is 0. The fourth-order valence-corrected chi connectivity index (χ4v) is 0.335. The summed E-state index contributed by atoms with van der Waals surface area (Å²) in [5.41, 5.74) is 5.09. The van der Waals surface area contributed by atoms with Gasteiger partial charge in [0, 0.05) is 13.5 Å². The smallest absolute Gasteiger partial charge is 0.310 e. The van der Waals surface area contributed by atoms with Gasteiger partial charge in [0.15, 0.2) is 0 Å². The quantitative estimate of drug-likeness (QED) is 0.306. The Bertz CT molecular complexity index is 131. The summed E-state index contributed by atoms with van der Waals surface area (Å²) in [6.45, 7) is 3.60. The summed E-state index contributed by atoms with van der Waals surface area (Å²) < 4.78 is 4.38. The summed E-state index contributed by atoms with van der Waals surface area (Å²) in [6.07, 6.45) is 0. The lowest BCUT2D eigenvalue weighted by Crippen LogP contribution is -2.19. The molecule has 0 aromatic rings. The average molecular weight is 130 g/mol. The van der Waals surface area contributed by atoms with Crippen molar-refractivity contribution in [2.24, 2.45) is 10.7 Å². The molecule has 0 aromatic carbocycles. The molecular formula is C5H10N2O2. The monoisotopic (exact) mass is 130 g/mol. The Morgan fingerprint density at radius 3 is 2.67 bits per heavy atom. The minimum atomic E-state index is -0.440. The molecule has 0 amide bonds. The number of aliphatic imine (C=N–C) groups is 1. The largest absolute Gasteiger partial charge is 0.393 e. The second kappa shape index (κ2) is 3.88. The molecular weight excluding hydrogens is 120 g/mol. The number of carbonyl (C=O) groups is 1. The van der Waals surface area contributed by atoms with Crippen LogP contribution in [0.3, 0.4) is 0 Å². The predicted molar refractivity (Wildman–Crippen MR) is 33.9 cm³/mol. The summed E-state index contributed by atoms with van der Waals surface area (Å²) in [5.74, 6) is -0.440. The molecule has 0 radical (unpaired) electrons. The number of ether oxygens (including phenoxy) is 1. The second-order valence-corrected chi connectivity index (χ2v) is 1.41. The molecule has 0 bridgehead atoms. The highest BCUT2D eigenvalue weighted by molar-refractivity contribution is 5.85. The van der Waals surface area contributed by atoms with Gasteiger partial charge >= 0.3 is 5.97 Å². The van der Waals surface area contributed by atoms with Crippen LogP contribution in [0.1, 0.15) is 13.8 Å². The first-order chi connectivity index (χ1) is 4.16. The summed E-state index contributed by atoms with van der Waals surface area (Å²) >= 11 is 0. The Morgan fingerprint density at radius 2 is 2.33 bits per heavy atom. The summed E-state index contributed by atoms with van der Waals surface area (Å²) in [4.78, 5) is 13.8. The molecule has 0 saturated carbocycles. The van der Waals surface area contributed by atoms with E-state index < -0.39 is 5.97 Å². The fourth-order valence-electron chi connectivity index (χ4n) is 0.335. The molecule has 0 aliphatic rings. The van der Waals surface area contributed by atoms with E-state index in [9.17, 15) is 4.79 Å². The van der Waals surface area contributed by atoms with Gasteiger partial charge in [0.1, 0.15) is 0 Å². The number of rotatable bonds is 1. The number of hydrogen-bond acceptors (Lipinski definition) is 3. The van der Waals surface area contributed by atoms with Gasteiger partial charge in [-0.15, -0.1) is 0 Å². The first-order valence-corrected chi connectivity index (χ1v) is 2.65. The van der Waals surface area contributed by atoms with Crippen molar-refractivity contribution in [1.29, 1.82) is 0 Å². The minimum absolute atomic E-state index is 0.0648.